The van der Waals surface area contributed by atoms with Crippen LogP contribution in [0.15, 0.2) is 59.3 Å². The molecule has 0 fully saturated rings. The zero-order valence-corrected chi connectivity index (χ0v) is 18.0. The number of ether oxygens (including phenoxy) is 1. The number of unbranched alkanes of at least 4 members (excludes halogenated alkanes) is 1. The topological polar surface area (TPSA) is 82.4 Å². The van der Waals surface area contributed by atoms with Crippen LogP contribution in [0, 0.1) is 0 Å². The van der Waals surface area contributed by atoms with Crippen molar-refractivity contribution < 1.29 is 19.7 Å². The van der Waals surface area contributed by atoms with Gasteiger partial charge in [0.05, 0.1) is 42.1 Å². The van der Waals surface area contributed by atoms with E-state index in [1.54, 1.807) is 18.2 Å². The molecule has 6 nitrogen and oxygen atoms in total. The second-order valence-corrected chi connectivity index (χ2v) is 7.34. The summed E-state index contributed by atoms with van der Waals surface area (Å²) in [6.45, 7) is 7.37. The second kappa shape index (κ2) is 12.0. The predicted octanol–water partition coefficient (Wildman–Crippen LogP) is 4.88. The van der Waals surface area contributed by atoms with Crippen LogP contribution in [0.2, 0.25) is 0 Å². The Balaban J connectivity index is 2.27. The number of benzene rings is 1. The standard InChI is InChI=1S/C24H32N2O4/c1-4-5-10-19(3)26-17-22(18(2)9-7-6-8-14-30-15-13-27)25-21-16-20(24(28)29)11-12-23(21)26/h6-9,11-12,14,16,19,27H,4-5,10,13,15,17H2,1-3H3,(H,28,29)/b7-6-,14-8+,18-9+. The number of anilines is 1. The van der Waals surface area contributed by atoms with Crippen LogP contribution in [-0.2, 0) is 4.74 Å². The maximum Gasteiger partial charge on any atom is 0.335 e. The van der Waals surface area contributed by atoms with Crippen LogP contribution in [-0.4, -0.2) is 47.7 Å². The molecule has 1 aliphatic heterocycles. The lowest BCUT2D eigenvalue weighted by molar-refractivity contribution is 0.0697. The third kappa shape index (κ3) is 6.59. The van der Waals surface area contributed by atoms with Gasteiger partial charge in [-0.15, -0.1) is 0 Å². The molecule has 0 aromatic heterocycles. The van der Waals surface area contributed by atoms with E-state index in [0.717, 1.165) is 36.2 Å². The van der Waals surface area contributed by atoms with E-state index in [1.807, 2.05) is 31.2 Å². The maximum atomic E-state index is 11.4. The summed E-state index contributed by atoms with van der Waals surface area (Å²) in [5, 5.41) is 18.0. The largest absolute Gasteiger partial charge is 0.499 e. The number of nitrogens with zero attached hydrogens (tertiary/aromatic N) is 2. The number of carbonyl (C=O) groups is 1. The third-order valence-corrected chi connectivity index (χ3v) is 5.02. The Morgan fingerprint density at radius 2 is 2.13 bits per heavy atom. The third-order valence-electron chi connectivity index (χ3n) is 5.02. The summed E-state index contributed by atoms with van der Waals surface area (Å²) in [5.74, 6) is -0.948. The summed E-state index contributed by atoms with van der Waals surface area (Å²) in [5.41, 5.74) is 3.89. The molecule has 0 aliphatic carbocycles. The fourth-order valence-corrected chi connectivity index (χ4v) is 3.26. The molecular formula is C24H32N2O4. The van der Waals surface area contributed by atoms with E-state index in [2.05, 4.69) is 18.7 Å². The van der Waals surface area contributed by atoms with Gasteiger partial charge in [0.2, 0.25) is 0 Å². The van der Waals surface area contributed by atoms with Crippen molar-refractivity contribution in [3.8, 4) is 0 Å². The lowest BCUT2D eigenvalue weighted by Gasteiger charge is -2.36. The molecule has 2 rings (SSSR count). The first kappa shape index (κ1) is 23.4. The van der Waals surface area contributed by atoms with Crippen LogP contribution in [0.25, 0.3) is 0 Å². The molecule has 1 aromatic rings. The number of aliphatic hydroxyl groups is 1. The van der Waals surface area contributed by atoms with Crippen LogP contribution >= 0.6 is 0 Å². The highest BCUT2D eigenvalue weighted by Crippen LogP contribution is 2.36. The number of hydrogen-bond donors (Lipinski definition) is 2. The van der Waals surface area contributed by atoms with Crippen molar-refractivity contribution in [1.82, 2.24) is 0 Å². The van der Waals surface area contributed by atoms with E-state index in [0.29, 0.717) is 18.3 Å². The van der Waals surface area contributed by atoms with Crippen molar-refractivity contribution in [2.24, 2.45) is 4.99 Å². The van der Waals surface area contributed by atoms with Gasteiger partial charge < -0.3 is 19.8 Å². The van der Waals surface area contributed by atoms with Crippen LogP contribution in [0.3, 0.4) is 0 Å². The number of aromatic carboxylic acids is 1. The molecule has 0 amide bonds. The van der Waals surface area contributed by atoms with E-state index >= 15 is 0 Å². The molecule has 0 saturated carbocycles. The van der Waals surface area contributed by atoms with Crippen LogP contribution in [0.1, 0.15) is 50.4 Å². The molecule has 1 atom stereocenters. The van der Waals surface area contributed by atoms with Crippen molar-refractivity contribution in [3.05, 3.63) is 59.9 Å². The lowest BCUT2D eigenvalue weighted by atomic mass is 10.0. The first-order chi connectivity index (χ1) is 14.5. The minimum atomic E-state index is -0.948. The zero-order chi connectivity index (χ0) is 21.9. The maximum absolute atomic E-state index is 11.4. The monoisotopic (exact) mass is 412 g/mol. The van der Waals surface area contributed by atoms with Crippen molar-refractivity contribution in [2.45, 2.75) is 46.1 Å². The molecule has 30 heavy (non-hydrogen) atoms. The van der Waals surface area contributed by atoms with Gasteiger partial charge in [-0.1, -0.05) is 38.0 Å². The highest BCUT2D eigenvalue weighted by molar-refractivity contribution is 6.07. The second-order valence-electron chi connectivity index (χ2n) is 7.34. The van der Waals surface area contributed by atoms with Crippen molar-refractivity contribution in [1.29, 1.82) is 0 Å². The average molecular weight is 413 g/mol. The zero-order valence-electron chi connectivity index (χ0n) is 18.0. The molecule has 0 saturated heterocycles. The van der Waals surface area contributed by atoms with Gasteiger partial charge in [0.25, 0.3) is 0 Å². The fourth-order valence-electron chi connectivity index (χ4n) is 3.26. The van der Waals surface area contributed by atoms with Gasteiger partial charge >= 0.3 is 5.97 Å². The van der Waals surface area contributed by atoms with Gasteiger partial charge in [-0.3, -0.25) is 0 Å². The molecule has 0 spiro atoms. The smallest absolute Gasteiger partial charge is 0.335 e. The van der Waals surface area contributed by atoms with Gasteiger partial charge in [-0.2, -0.15) is 0 Å². The van der Waals surface area contributed by atoms with Gasteiger partial charge in [0.1, 0.15) is 6.61 Å². The molecule has 1 aromatic carbocycles. The Morgan fingerprint density at radius 1 is 1.33 bits per heavy atom. The molecule has 1 unspecified atom stereocenters. The number of carboxylic acids is 1. The highest BCUT2D eigenvalue weighted by atomic mass is 16.5. The van der Waals surface area contributed by atoms with Gasteiger partial charge in [0, 0.05) is 6.04 Å². The van der Waals surface area contributed by atoms with Crippen LogP contribution in [0.4, 0.5) is 11.4 Å². The summed E-state index contributed by atoms with van der Waals surface area (Å²) >= 11 is 0. The van der Waals surface area contributed by atoms with E-state index in [-0.39, 0.29) is 18.8 Å². The quantitative estimate of drug-likeness (QED) is 0.307. The van der Waals surface area contributed by atoms with Crippen LogP contribution in [0.5, 0.6) is 0 Å². The Hall–Kier alpha value is -2.86. The van der Waals surface area contributed by atoms with E-state index in [4.69, 9.17) is 14.8 Å². The number of allylic oxidation sites excluding steroid dienone is 4. The Morgan fingerprint density at radius 3 is 2.83 bits per heavy atom. The molecule has 0 bridgehead atoms. The van der Waals surface area contributed by atoms with E-state index in [1.165, 1.54) is 6.26 Å². The summed E-state index contributed by atoms with van der Waals surface area (Å²) in [7, 11) is 0. The van der Waals surface area contributed by atoms with E-state index in [9.17, 15) is 9.90 Å². The number of rotatable bonds is 11. The number of hydrogen-bond acceptors (Lipinski definition) is 5. The molecule has 1 heterocycles. The number of aliphatic hydroxyl groups excluding tert-OH is 1. The number of carboxylic acid groups (broad SMARTS) is 1. The number of fused-ring (bicyclic) bond motifs is 1. The molecule has 162 valence electrons. The highest BCUT2D eigenvalue weighted by Gasteiger charge is 2.24. The van der Waals surface area contributed by atoms with E-state index < -0.39 is 5.97 Å². The van der Waals surface area contributed by atoms with Gasteiger partial charge in [0.15, 0.2) is 0 Å². The summed E-state index contributed by atoms with van der Waals surface area (Å²) in [4.78, 5) is 18.5. The Bertz CT molecular complexity index is 840. The normalized spacial score (nSPS) is 15.4. The average Bonchev–Trinajstić information content (AvgIpc) is 2.75. The Kier molecular flexibility index (Phi) is 9.35. The SMILES string of the molecule is CCCCC(C)N1CC(/C(C)=C/C=C\C=C\OCCO)=Nc2cc(C(=O)O)ccc21. The van der Waals surface area contributed by atoms with Crippen LogP contribution < -0.4 is 4.90 Å². The minimum absolute atomic E-state index is 0.00879. The first-order valence-corrected chi connectivity index (χ1v) is 10.4. The minimum Gasteiger partial charge on any atom is -0.499 e. The molecule has 2 N–H and O–H groups in total. The molecule has 6 heteroatoms. The predicted molar refractivity (Wildman–Crippen MR) is 122 cm³/mol. The van der Waals surface area contributed by atoms with Crippen molar-refractivity contribution in [2.75, 3.05) is 24.7 Å². The molecular weight excluding hydrogens is 380 g/mol. The number of aliphatic imine (C=N–C) groups is 1. The van der Waals surface area contributed by atoms with Gasteiger partial charge in [-0.05, 0) is 50.1 Å². The molecule has 1 aliphatic rings. The van der Waals surface area contributed by atoms with Gasteiger partial charge in [-0.25, -0.2) is 9.79 Å². The van der Waals surface area contributed by atoms with Crippen molar-refractivity contribution >= 4 is 23.1 Å². The summed E-state index contributed by atoms with van der Waals surface area (Å²) < 4.78 is 5.07. The van der Waals surface area contributed by atoms with Crippen molar-refractivity contribution in [3.63, 3.8) is 0 Å². The summed E-state index contributed by atoms with van der Waals surface area (Å²) in [6.07, 6.45) is 12.4. The first-order valence-electron chi connectivity index (χ1n) is 10.4. The Labute approximate surface area is 178 Å². The fraction of sp³-hybridized carbons (Fsp3) is 0.417. The summed E-state index contributed by atoms with van der Waals surface area (Å²) in [6, 6.07) is 5.51. The lowest BCUT2D eigenvalue weighted by Crippen LogP contribution is -2.39. The molecule has 0 radical (unpaired) electrons.